The third-order valence-electron chi connectivity index (χ3n) is 2.09. The topological polar surface area (TPSA) is 0 Å². The Kier molecular flexibility index (Phi) is 3.82. The summed E-state index contributed by atoms with van der Waals surface area (Å²) in [6, 6.07) is 2.09. The summed E-state index contributed by atoms with van der Waals surface area (Å²) in [5, 5.41) is 0.709. The Balaban J connectivity index is 2.98. The second-order valence-electron chi connectivity index (χ2n) is 4.35. The van der Waals surface area contributed by atoms with Crippen LogP contribution in [0.25, 0.3) is 0 Å². The number of alkyl halides is 1. The summed E-state index contributed by atoms with van der Waals surface area (Å²) >= 11 is 3.32. The summed E-state index contributed by atoms with van der Waals surface area (Å²) in [6.07, 6.45) is 0.492. The Morgan fingerprint density at radius 1 is 1.13 bits per heavy atom. The fourth-order valence-electron chi connectivity index (χ4n) is 1.31. The van der Waals surface area contributed by atoms with Crippen molar-refractivity contribution in [2.24, 2.45) is 5.41 Å². The molecule has 15 heavy (non-hydrogen) atoms. The van der Waals surface area contributed by atoms with Gasteiger partial charge in [-0.25, -0.2) is 13.2 Å². The SMILES string of the molecule is CC(C)(CBr)Cc1cc(F)c(F)c(F)c1. The van der Waals surface area contributed by atoms with Crippen LogP contribution in [0.2, 0.25) is 0 Å². The van der Waals surface area contributed by atoms with Gasteiger partial charge >= 0.3 is 0 Å². The Morgan fingerprint density at radius 2 is 1.60 bits per heavy atom. The lowest BCUT2D eigenvalue weighted by Gasteiger charge is -2.21. The van der Waals surface area contributed by atoms with E-state index >= 15 is 0 Å². The molecule has 0 saturated heterocycles. The van der Waals surface area contributed by atoms with Crippen LogP contribution in [0.4, 0.5) is 13.2 Å². The second-order valence-corrected chi connectivity index (χ2v) is 4.91. The van der Waals surface area contributed by atoms with E-state index in [9.17, 15) is 13.2 Å². The van der Waals surface area contributed by atoms with Crippen molar-refractivity contribution >= 4 is 15.9 Å². The molecule has 0 bridgehead atoms. The lowest BCUT2D eigenvalue weighted by atomic mass is 9.88. The number of hydrogen-bond donors (Lipinski definition) is 0. The zero-order valence-electron chi connectivity index (χ0n) is 8.58. The van der Waals surface area contributed by atoms with Gasteiger partial charge in [0.1, 0.15) is 0 Å². The average molecular weight is 281 g/mol. The number of benzene rings is 1. The molecule has 1 aromatic carbocycles. The fraction of sp³-hybridized carbons (Fsp3) is 0.455. The molecular weight excluding hydrogens is 269 g/mol. The summed E-state index contributed by atoms with van der Waals surface area (Å²) in [5.41, 5.74) is 0.354. The molecule has 0 heterocycles. The second kappa shape index (κ2) is 4.56. The molecule has 0 aliphatic heterocycles. The van der Waals surface area contributed by atoms with Crippen molar-refractivity contribution in [3.8, 4) is 0 Å². The highest BCUT2D eigenvalue weighted by atomic mass is 79.9. The van der Waals surface area contributed by atoms with Gasteiger partial charge in [-0.3, -0.25) is 0 Å². The maximum atomic E-state index is 12.9. The van der Waals surface area contributed by atoms with Crippen molar-refractivity contribution in [3.05, 3.63) is 35.1 Å². The first-order chi connectivity index (χ1) is 6.85. The zero-order chi connectivity index (χ0) is 11.6. The summed E-state index contributed by atoms with van der Waals surface area (Å²) in [5.74, 6) is -3.67. The highest BCUT2D eigenvalue weighted by Gasteiger charge is 2.19. The van der Waals surface area contributed by atoms with Crippen LogP contribution in [0.15, 0.2) is 12.1 Å². The number of rotatable bonds is 3. The Morgan fingerprint density at radius 3 is 2.00 bits per heavy atom. The van der Waals surface area contributed by atoms with E-state index in [0.29, 0.717) is 17.3 Å². The summed E-state index contributed by atoms with van der Waals surface area (Å²) in [7, 11) is 0. The van der Waals surface area contributed by atoms with Crippen LogP contribution in [0.3, 0.4) is 0 Å². The monoisotopic (exact) mass is 280 g/mol. The molecule has 0 atom stereocenters. The van der Waals surface area contributed by atoms with E-state index in [-0.39, 0.29) is 5.41 Å². The first-order valence-corrected chi connectivity index (χ1v) is 5.67. The van der Waals surface area contributed by atoms with Gasteiger partial charge in [0.25, 0.3) is 0 Å². The predicted octanol–water partition coefficient (Wildman–Crippen LogP) is 4.07. The molecule has 4 heteroatoms. The molecule has 0 aliphatic carbocycles. The third kappa shape index (κ3) is 3.23. The molecule has 0 unspecified atom stereocenters. The molecule has 0 aromatic heterocycles. The standard InChI is InChI=1S/C11H12BrF3/c1-11(2,6-12)5-7-3-8(13)10(15)9(14)4-7/h3-4H,5-6H2,1-2H3. The van der Waals surface area contributed by atoms with Gasteiger partial charge in [-0.05, 0) is 29.5 Å². The average Bonchev–Trinajstić information content (AvgIpc) is 2.13. The van der Waals surface area contributed by atoms with Gasteiger partial charge in [0.05, 0.1) is 0 Å². The lowest BCUT2D eigenvalue weighted by Crippen LogP contribution is -2.17. The van der Waals surface area contributed by atoms with E-state index in [0.717, 1.165) is 12.1 Å². The van der Waals surface area contributed by atoms with E-state index in [1.165, 1.54) is 0 Å². The van der Waals surface area contributed by atoms with E-state index in [1.54, 1.807) is 0 Å². The van der Waals surface area contributed by atoms with E-state index in [2.05, 4.69) is 15.9 Å². The minimum absolute atomic E-state index is 0.114. The van der Waals surface area contributed by atoms with E-state index in [1.807, 2.05) is 13.8 Å². The molecule has 0 N–H and O–H groups in total. The summed E-state index contributed by atoms with van der Waals surface area (Å²) in [6.45, 7) is 3.92. The summed E-state index contributed by atoms with van der Waals surface area (Å²) < 4.78 is 38.5. The van der Waals surface area contributed by atoms with Crippen molar-refractivity contribution in [1.82, 2.24) is 0 Å². The molecule has 84 valence electrons. The van der Waals surface area contributed by atoms with Gasteiger partial charge in [-0.2, -0.15) is 0 Å². The molecule has 0 fully saturated rings. The third-order valence-corrected chi connectivity index (χ3v) is 3.61. The zero-order valence-corrected chi connectivity index (χ0v) is 10.2. The maximum Gasteiger partial charge on any atom is 0.194 e. The Labute approximate surface area is 95.6 Å². The smallest absolute Gasteiger partial charge is 0.194 e. The van der Waals surface area contributed by atoms with Gasteiger partial charge < -0.3 is 0 Å². The van der Waals surface area contributed by atoms with Crippen molar-refractivity contribution < 1.29 is 13.2 Å². The van der Waals surface area contributed by atoms with Crippen LogP contribution in [0.5, 0.6) is 0 Å². The van der Waals surface area contributed by atoms with Crippen molar-refractivity contribution in [2.75, 3.05) is 5.33 Å². The molecule has 1 rings (SSSR count). The fourth-order valence-corrected chi connectivity index (χ4v) is 1.51. The Bertz CT molecular complexity index is 338. The van der Waals surface area contributed by atoms with Crippen LogP contribution in [0.1, 0.15) is 19.4 Å². The van der Waals surface area contributed by atoms with Crippen LogP contribution in [-0.2, 0) is 6.42 Å². The van der Waals surface area contributed by atoms with Crippen molar-refractivity contribution in [3.63, 3.8) is 0 Å². The normalized spacial score (nSPS) is 11.9. The number of hydrogen-bond acceptors (Lipinski definition) is 0. The van der Waals surface area contributed by atoms with Crippen LogP contribution in [-0.4, -0.2) is 5.33 Å². The molecule has 0 spiro atoms. The highest BCUT2D eigenvalue weighted by molar-refractivity contribution is 9.09. The lowest BCUT2D eigenvalue weighted by molar-refractivity contribution is 0.413. The van der Waals surface area contributed by atoms with Gasteiger partial charge in [0, 0.05) is 5.33 Å². The molecule has 0 radical (unpaired) electrons. The minimum Gasteiger partial charge on any atom is -0.204 e. The van der Waals surface area contributed by atoms with Crippen LogP contribution >= 0.6 is 15.9 Å². The van der Waals surface area contributed by atoms with Crippen molar-refractivity contribution in [2.45, 2.75) is 20.3 Å². The first-order valence-electron chi connectivity index (χ1n) is 4.55. The van der Waals surface area contributed by atoms with Gasteiger partial charge in [-0.1, -0.05) is 29.8 Å². The molecule has 0 nitrogen and oxygen atoms in total. The minimum atomic E-state index is -1.41. The Hall–Kier alpha value is -0.510. The first kappa shape index (κ1) is 12.6. The molecule has 0 aliphatic rings. The quantitative estimate of drug-likeness (QED) is 0.578. The molecule has 1 aromatic rings. The van der Waals surface area contributed by atoms with E-state index in [4.69, 9.17) is 0 Å². The van der Waals surface area contributed by atoms with Crippen LogP contribution in [0, 0.1) is 22.9 Å². The molecular formula is C11H12BrF3. The maximum absolute atomic E-state index is 12.9. The van der Waals surface area contributed by atoms with E-state index < -0.39 is 17.5 Å². The van der Waals surface area contributed by atoms with Gasteiger partial charge in [-0.15, -0.1) is 0 Å². The van der Waals surface area contributed by atoms with Crippen LogP contribution < -0.4 is 0 Å². The summed E-state index contributed by atoms with van der Waals surface area (Å²) in [4.78, 5) is 0. The number of halogens is 4. The molecule has 0 saturated carbocycles. The largest absolute Gasteiger partial charge is 0.204 e. The molecule has 0 amide bonds. The van der Waals surface area contributed by atoms with Crippen molar-refractivity contribution in [1.29, 1.82) is 0 Å². The highest BCUT2D eigenvalue weighted by Crippen LogP contribution is 2.25. The predicted molar refractivity (Wildman–Crippen MR) is 57.6 cm³/mol. The van der Waals surface area contributed by atoms with Gasteiger partial charge in [0.2, 0.25) is 0 Å². The van der Waals surface area contributed by atoms with Gasteiger partial charge in [0.15, 0.2) is 17.5 Å².